The molecule has 4 heteroatoms. The van der Waals surface area contributed by atoms with Crippen LogP contribution < -0.4 is 0 Å². The lowest BCUT2D eigenvalue weighted by Gasteiger charge is -2.01. The van der Waals surface area contributed by atoms with Crippen molar-refractivity contribution in [1.82, 2.24) is 15.0 Å². The molecule has 98 valence electrons. The van der Waals surface area contributed by atoms with Crippen LogP contribution in [0.2, 0.25) is 0 Å². The smallest absolute Gasteiger partial charge is 0.252 e. The summed E-state index contributed by atoms with van der Waals surface area (Å²) in [6.45, 7) is 0. The summed E-state index contributed by atoms with van der Waals surface area (Å²) in [5, 5.41) is 8.04. The van der Waals surface area contributed by atoms with Gasteiger partial charge in [-0.2, -0.15) is 4.68 Å². The zero-order valence-corrected chi connectivity index (χ0v) is 10.8. The van der Waals surface area contributed by atoms with Crippen LogP contribution >= 0.6 is 0 Å². The number of carbonyl (C=O) groups is 1. The van der Waals surface area contributed by atoms with Crippen molar-refractivity contribution in [1.29, 1.82) is 0 Å². The molecule has 20 heavy (non-hydrogen) atoms. The lowest BCUT2D eigenvalue weighted by molar-refractivity contribution is 0.0870. The number of rotatable bonds is 2. The first-order valence-corrected chi connectivity index (χ1v) is 6.74. The predicted octanol–water partition coefficient (Wildman–Crippen LogP) is 2.88. The van der Waals surface area contributed by atoms with E-state index in [9.17, 15) is 4.79 Å². The van der Waals surface area contributed by atoms with Gasteiger partial charge in [-0.25, -0.2) is 0 Å². The number of aromatic nitrogens is 3. The minimum atomic E-state index is 0.0301. The summed E-state index contributed by atoms with van der Waals surface area (Å²) in [7, 11) is 0. The number of benzene rings is 2. The number of fused-ring (bicyclic) bond motifs is 1. The molecule has 2 aromatic carbocycles. The summed E-state index contributed by atoms with van der Waals surface area (Å²) >= 11 is 0. The quantitative estimate of drug-likeness (QED) is 0.714. The standard InChI is InChI=1S/C16H13N3O/c20-16(13-10-12(13)11-6-2-1-3-7-11)19-15-9-5-4-8-14(15)17-18-19/h1-9,12-13H,10H2/t12-,13+/m1/s1. The van der Waals surface area contributed by atoms with Gasteiger partial charge in [-0.05, 0) is 30.0 Å². The van der Waals surface area contributed by atoms with E-state index in [1.165, 1.54) is 10.2 Å². The maximum absolute atomic E-state index is 12.5. The Hall–Kier alpha value is -2.49. The highest BCUT2D eigenvalue weighted by Crippen LogP contribution is 2.48. The number of nitrogens with zero attached hydrogens (tertiary/aromatic N) is 3. The van der Waals surface area contributed by atoms with Crippen molar-refractivity contribution in [2.45, 2.75) is 12.3 Å². The molecule has 1 aliphatic rings. The highest BCUT2D eigenvalue weighted by Gasteiger charge is 2.45. The van der Waals surface area contributed by atoms with Crippen LogP contribution in [0.15, 0.2) is 54.6 Å². The molecule has 3 aromatic rings. The molecular weight excluding hydrogens is 250 g/mol. The SMILES string of the molecule is O=C([C@H]1C[C@@H]1c1ccccc1)n1nnc2ccccc21. The van der Waals surface area contributed by atoms with Crippen LogP contribution in [-0.4, -0.2) is 20.9 Å². The second-order valence-electron chi connectivity index (χ2n) is 5.19. The molecule has 0 amide bonds. The Balaban J connectivity index is 1.63. The zero-order chi connectivity index (χ0) is 13.5. The number of hydrogen-bond donors (Lipinski definition) is 0. The second-order valence-corrected chi connectivity index (χ2v) is 5.19. The van der Waals surface area contributed by atoms with Crippen LogP contribution in [0.1, 0.15) is 22.7 Å². The zero-order valence-electron chi connectivity index (χ0n) is 10.8. The van der Waals surface area contributed by atoms with E-state index in [2.05, 4.69) is 22.4 Å². The molecule has 0 N–H and O–H groups in total. The molecule has 1 fully saturated rings. The molecular formula is C16H13N3O. The molecule has 1 saturated carbocycles. The fourth-order valence-electron chi connectivity index (χ4n) is 2.73. The van der Waals surface area contributed by atoms with Crippen LogP contribution in [0.25, 0.3) is 11.0 Å². The van der Waals surface area contributed by atoms with Crippen molar-refractivity contribution in [2.75, 3.05) is 0 Å². The molecule has 4 nitrogen and oxygen atoms in total. The Morgan fingerprint density at radius 1 is 1.05 bits per heavy atom. The third-order valence-corrected chi connectivity index (χ3v) is 3.90. The minimum absolute atomic E-state index is 0.0301. The van der Waals surface area contributed by atoms with Crippen molar-refractivity contribution in [3.63, 3.8) is 0 Å². The van der Waals surface area contributed by atoms with Crippen molar-refractivity contribution in [3.05, 3.63) is 60.2 Å². The molecule has 2 atom stereocenters. The van der Waals surface area contributed by atoms with E-state index < -0.39 is 0 Å². The number of para-hydroxylation sites is 1. The first kappa shape index (κ1) is 11.3. The molecule has 1 aromatic heterocycles. The fourth-order valence-corrected chi connectivity index (χ4v) is 2.73. The normalized spacial score (nSPS) is 21.0. The monoisotopic (exact) mass is 263 g/mol. The molecule has 1 aliphatic carbocycles. The predicted molar refractivity (Wildman–Crippen MR) is 75.4 cm³/mol. The van der Waals surface area contributed by atoms with E-state index in [4.69, 9.17) is 0 Å². The Morgan fingerprint density at radius 2 is 1.80 bits per heavy atom. The van der Waals surface area contributed by atoms with Gasteiger partial charge in [-0.15, -0.1) is 5.10 Å². The van der Waals surface area contributed by atoms with Crippen LogP contribution in [0, 0.1) is 5.92 Å². The molecule has 0 aliphatic heterocycles. The summed E-state index contributed by atoms with van der Waals surface area (Å²) in [5.41, 5.74) is 2.78. The van der Waals surface area contributed by atoms with E-state index in [0.717, 1.165) is 17.5 Å². The Morgan fingerprint density at radius 3 is 2.65 bits per heavy atom. The minimum Gasteiger partial charge on any atom is -0.272 e. The maximum atomic E-state index is 12.5. The average Bonchev–Trinajstić information content (AvgIpc) is 3.20. The first-order chi connectivity index (χ1) is 9.84. The van der Waals surface area contributed by atoms with E-state index in [1.54, 1.807) is 0 Å². The number of hydrogen-bond acceptors (Lipinski definition) is 3. The van der Waals surface area contributed by atoms with Crippen molar-refractivity contribution >= 4 is 16.9 Å². The third-order valence-electron chi connectivity index (χ3n) is 3.90. The van der Waals surface area contributed by atoms with E-state index in [1.807, 2.05) is 42.5 Å². The summed E-state index contributed by atoms with van der Waals surface area (Å²) in [6.07, 6.45) is 0.900. The van der Waals surface area contributed by atoms with Crippen molar-refractivity contribution < 1.29 is 4.79 Å². The summed E-state index contributed by atoms with van der Waals surface area (Å²) in [5.74, 6) is 0.404. The van der Waals surface area contributed by atoms with Crippen LogP contribution in [0.5, 0.6) is 0 Å². The third kappa shape index (κ3) is 1.72. The van der Waals surface area contributed by atoms with Crippen LogP contribution in [-0.2, 0) is 0 Å². The van der Waals surface area contributed by atoms with Gasteiger partial charge < -0.3 is 0 Å². The fraction of sp³-hybridized carbons (Fsp3) is 0.188. The lowest BCUT2D eigenvalue weighted by atomic mass is 10.1. The topological polar surface area (TPSA) is 47.8 Å². The second kappa shape index (κ2) is 4.27. The molecule has 0 spiro atoms. The van der Waals surface area contributed by atoms with Crippen molar-refractivity contribution in [3.8, 4) is 0 Å². The van der Waals surface area contributed by atoms with Crippen LogP contribution in [0.3, 0.4) is 0 Å². The van der Waals surface area contributed by atoms with Crippen molar-refractivity contribution in [2.24, 2.45) is 5.92 Å². The van der Waals surface area contributed by atoms with E-state index in [-0.39, 0.29) is 11.8 Å². The lowest BCUT2D eigenvalue weighted by Crippen LogP contribution is -2.15. The van der Waals surface area contributed by atoms with Gasteiger partial charge in [-0.3, -0.25) is 4.79 Å². The molecule has 0 bridgehead atoms. The van der Waals surface area contributed by atoms with Gasteiger partial charge in [0.15, 0.2) is 0 Å². The Kier molecular flexibility index (Phi) is 2.42. The van der Waals surface area contributed by atoms with Gasteiger partial charge in [0, 0.05) is 5.92 Å². The maximum Gasteiger partial charge on any atom is 0.252 e. The highest BCUT2D eigenvalue weighted by atomic mass is 16.2. The molecule has 0 radical (unpaired) electrons. The molecule has 0 saturated heterocycles. The summed E-state index contributed by atoms with van der Waals surface area (Å²) < 4.78 is 1.45. The van der Waals surface area contributed by atoms with Gasteiger partial charge in [0.25, 0.3) is 5.91 Å². The Labute approximate surface area is 116 Å². The van der Waals surface area contributed by atoms with Gasteiger partial charge in [0.05, 0.1) is 5.52 Å². The van der Waals surface area contributed by atoms with Gasteiger partial charge in [-0.1, -0.05) is 47.7 Å². The molecule has 4 rings (SSSR count). The van der Waals surface area contributed by atoms with E-state index >= 15 is 0 Å². The summed E-state index contributed by atoms with van der Waals surface area (Å²) in [6, 6.07) is 17.7. The van der Waals surface area contributed by atoms with E-state index in [0.29, 0.717) is 5.92 Å². The van der Waals surface area contributed by atoms with Gasteiger partial charge >= 0.3 is 0 Å². The first-order valence-electron chi connectivity index (χ1n) is 6.74. The molecule has 1 heterocycles. The average molecular weight is 263 g/mol. The molecule has 0 unspecified atom stereocenters. The number of carbonyl (C=O) groups excluding carboxylic acids is 1. The highest BCUT2D eigenvalue weighted by molar-refractivity contribution is 5.92. The Bertz CT molecular complexity index is 779. The van der Waals surface area contributed by atoms with Gasteiger partial charge in [0.2, 0.25) is 0 Å². The largest absolute Gasteiger partial charge is 0.272 e. The summed E-state index contributed by atoms with van der Waals surface area (Å²) in [4.78, 5) is 12.5. The van der Waals surface area contributed by atoms with Gasteiger partial charge in [0.1, 0.15) is 5.52 Å². The van der Waals surface area contributed by atoms with Crippen LogP contribution in [0.4, 0.5) is 0 Å².